The third kappa shape index (κ3) is 3.62. The minimum absolute atomic E-state index is 0.254. The zero-order chi connectivity index (χ0) is 21.3. The van der Waals surface area contributed by atoms with Crippen molar-refractivity contribution in [3.05, 3.63) is 60.6 Å². The Hall–Kier alpha value is -4.07. The molecule has 2 heterocycles. The van der Waals surface area contributed by atoms with Crippen molar-refractivity contribution in [3.63, 3.8) is 0 Å². The number of pyridine rings is 1. The summed E-state index contributed by atoms with van der Waals surface area (Å²) in [6, 6.07) is 10.6. The number of fused-ring (bicyclic) bond motifs is 1. The molecule has 4 rings (SSSR count). The monoisotopic (exact) mass is 404 g/mol. The van der Waals surface area contributed by atoms with Gasteiger partial charge in [0.15, 0.2) is 0 Å². The molecule has 0 spiro atoms. The zero-order valence-corrected chi connectivity index (χ0v) is 16.7. The number of hydrogen-bond acceptors (Lipinski definition) is 6. The minimum atomic E-state index is -0.594. The lowest BCUT2D eigenvalue weighted by Crippen LogP contribution is -2.12. The highest BCUT2D eigenvalue weighted by Crippen LogP contribution is 2.36. The molecular weight excluding hydrogens is 384 g/mol. The normalized spacial score (nSPS) is 10.8. The van der Waals surface area contributed by atoms with Gasteiger partial charge in [-0.2, -0.15) is 5.10 Å². The number of benzene rings is 2. The fourth-order valence-electron chi connectivity index (χ4n) is 3.21. The summed E-state index contributed by atoms with van der Waals surface area (Å²) in [7, 11) is 4.93. The van der Waals surface area contributed by atoms with Crippen molar-refractivity contribution >= 4 is 16.8 Å². The van der Waals surface area contributed by atoms with E-state index >= 15 is 0 Å². The van der Waals surface area contributed by atoms with E-state index in [-0.39, 0.29) is 5.56 Å². The second-order valence-corrected chi connectivity index (χ2v) is 6.64. The van der Waals surface area contributed by atoms with E-state index in [1.807, 2.05) is 25.4 Å². The van der Waals surface area contributed by atoms with Crippen LogP contribution < -0.4 is 19.9 Å². The number of carbonyl (C=O) groups is 1. The van der Waals surface area contributed by atoms with E-state index in [1.54, 1.807) is 48.5 Å². The fraction of sp³-hybridized carbons (Fsp3) is 0.136. The van der Waals surface area contributed by atoms with Gasteiger partial charge in [0, 0.05) is 42.5 Å². The molecule has 2 aromatic heterocycles. The van der Waals surface area contributed by atoms with Crippen LogP contribution in [0.15, 0.2) is 55.0 Å². The number of nitrogens with two attached hydrogens (primary N) is 1. The van der Waals surface area contributed by atoms with Crippen molar-refractivity contribution in [2.45, 2.75) is 0 Å². The van der Waals surface area contributed by atoms with Crippen LogP contribution in [-0.4, -0.2) is 34.9 Å². The number of amides is 1. The quantitative estimate of drug-likeness (QED) is 0.527. The molecule has 0 radical (unpaired) electrons. The summed E-state index contributed by atoms with van der Waals surface area (Å²) in [5.41, 5.74) is 8.20. The second kappa shape index (κ2) is 7.75. The number of rotatable bonds is 6. The second-order valence-electron chi connectivity index (χ2n) is 6.64. The number of hydrogen-bond donors (Lipinski definition) is 1. The van der Waals surface area contributed by atoms with Crippen molar-refractivity contribution < 1.29 is 19.0 Å². The minimum Gasteiger partial charge on any atom is -0.497 e. The van der Waals surface area contributed by atoms with Crippen LogP contribution in [0.25, 0.3) is 22.0 Å². The Bertz CT molecular complexity index is 1250. The first-order chi connectivity index (χ1) is 14.5. The molecule has 0 aliphatic heterocycles. The predicted molar refractivity (Wildman–Crippen MR) is 112 cm³/mol. The smallest absolute Gasteiger partial charge is 0.252 e. The molecule has 0 aliphatic rings. The molecule has 152 valence electrons. The number of aromatic nitrogens is 3. The van der Waals surface area contributed by atoms with E-state index < -0.39 is 5.91 Å². The maximum atomic E-state index is 11.8. The Kier molecular flexibility index (Phi) is 4.97. The largest absolute Gasteiger partial charge is 0.497 e. The summed E-state index contributed by atoms with van der Waals surface area (Å²) in [5, 5.41) is 4.85. The van der Waals surface area contributed by atoms with Gasteiger partial charge in [0.25, 0.3) is 5.91 Å². The number of aryl methyl sites for hydroxylation is 1. The van der Waals surface area contributed by atoms with Gasteiger partial charge in [-0.05, 0) is 29.8 Å². The average Bonchev–Trinajstić information content (AvgIpc) is 3.19. The number of methoxy groups -OCH3 is 2. The molecule has 2 N–H and O–H groups in total. The molecule has 30 heavy (non-hydrogen) atoms. The van der Waals surface area contributed by atoms with E-state index in [0.29, 0.717) is 33.9 Å². The van der Waals surface area contributed by atoms with Gasteiger partial charge < -0.3 is 19.9 Å². The molecule has 0 aliphatic carbocycles. The van der Waals surface area contributed by atoms with E-state index in [4.69, 9.17) is 19.9 Å². The topological polar surface area (TPSA) is 101 Å². The number of carbonyl (C=O) groups excluding carboxylic acids is 1. The zero-order valence-electron chi connectivity index (χ0n) is 16.7. The summed E-state index contributed by atoms with van der Waals surface area (Å²) in [6.45, 7) is 0. The van der Waals surface area contributed by atoms with Crippen LogP contribution in [0.4, 0.5) is 0 Å². The number of ether oxygens (including phenoxy) is 3. The van der Waals surface area contributed by atoms with Gasteiger partial charge in [-0.3, -0.25) is 14.5 Å². The molecular formula is C22H20N4O4. The van der Waals surface area contributed by atoms with E-state index in [0.717, 1.165) is 11.1 Å². The lowest BCUT2D eigenvalue weighted by atomic mass is 10.1. The molecule has 1 amide bonds. The van der Waals surface area contributed by atoms with Crippen molar-refractivity contribution in [3.8, 4) is 34.1 Å². The van der Waals surface area contributed by atoms with Crippen LogP contribution >= 0.6 is 0 Å². The Morgan fingerprint density at radius 3 is 2.47 bits per heavy atom. The van der Waals surface area contributed by atoms with Crippen LogP contribution in [0.5, 0.6) is 23.0 Å². The van der Waals surface area contributed by atoms with Gasteiger partial charge in [-0.25, -0.2) is 0 Å². The van der Waals surface area contributed by atoms with E-state index in [9.17, 15) is 4.79 Å². The molecule has 0 unspecified atom stereocenters. The Labute approximate surface area is 172 Å². The Balaban J connectivity index is 1.80. The van der Waals surface area contributed by atoms with Crippen molar-refractivity contribution in [2.75, 3.05) is 14.2 Å². The number of nitrogens with zero attached hydrogens (tertiary/aromatic N) is 3. The van der Waals surface area contributed by atoms with Gasteiger partial charge in [0.2, 0.25) is 0 Å². The molecule has 0 fully saturated rings. The standard InChI is InChI=1S/C22H20N4O4/c1-26-12-14(11-25-26)13-6-15(28-2)8-16(7-13)30-20-4-5-24-19-10-21(29-3)18(22(23)27)9-17(19)20/h4-12H,1-3H3,(H2,23,27). The first-order valence-electron chi connectivity index (χ1n) is 9.11. The third-order valence-corrected chi connectivity index (χ3v) is 4.67. The lowest BCUT2D eigenvalue weighted by Gasteiger charge is -2.13. The summed E-state index contributed by atoms with van der Waals surface area (Å²) in [6.07, 6.45) is 5.31. The van der Waals surface area contributed by atoms with Crippen LogP contribution in [-0.2, 0) is 7.05 Å². The van der Waals surface area contributed by atoms with Crippen LogP contribution in [0.1, 0.15) is 10.4 Å². The third-order valence-electron chi connectivity index (χ3n) is 4.67. The van der Waals surface area contributed by atoms with Crippen LogP contribution in [0, 0.1) is 0 Å². The van der Waals surface area contributed by atoms with Crippen molar-refractivity contribution in [2.24, 2.45) is 12.8 Å². The highest BCUT2D eigenvalue weighted by molar-refractivity contribution is 6.01. The highest BCUT2D eigenvalue weighted by atomic mass is 16.5. The fourth-order valence-corrected chi connectivity index (χ4v) is 3.21. The Morgan fingerprint density at radius 2 is 1.80 bits per heavy atom. The predicted octanol–water partition coefficient (Wildman–Crippen LogP) is 3.54. The summed E-state index contributed by atoms with van der Waals surface area (Å²) >= 11 is 0. The summed E-state index contributed by atoms with van der Waals surface area (Å²) < 4.78 is 18.6. The lowest BCUT2D eigenvalue weighted by molar-refractivity contribution is 0.0997. The van der Waals surface area contributed by atoms with Crippen LogP contribution in [0.2, 0.25) is 0 Å². The summed E-state index contributed by atoms with van der Waals surface area (Å²) in [4.78, 5) is 16.2. The molecule has 2 aromatic carbocycles. The SMILES string of the molecule is COc1cc(Oc2ccnc3cc(OC)c(C(N)=O)cc23)cc(-c2cnn(C)c2)c1. The number of primary amides is 1. The van der Waals surface area contributed by atoms with E-state index in [1.165, 1.54) is 7.11 Å². The van der Waals surface area contributed by atoms with Crippen molar-refractivity contribution in [1.82, 2.24) is 14.8 Å². The van der Waals surface area contributed by atoms with Crippen LogP contribution in [0.3, 0.4) is 0 Å². The highest BCUT2D eigenvalue weighted by Gasteiger charge is 2.15. The first kappa shape index (κ1) is 19.3. The summed E-state index contributed by atoms with van der Waals surface area (Å²) in [5.74, 6) is 1.50. The molecule has 8 nitrogen and oxygen atoms in total. The van der Waals surface area contributed by atoms with Crippen molar-refractivity contribution in [1.29, 1.82) is 0 Å². The van der Waals surface area contributed by atoms with Gasteiger partial charge in [0.1, 0.15) is 23.0 Å². The molecule has 0 atom stereocenters. The molecule has 0 saturated carbocycles. The van der Waals surface area contributed by atoms with E-state index in [2.05, 4.69) is 10.1 Å². The molecule has 0 saturated heterocycles. The molecule has 8 heteroatoms. The maximum Gasteiger partial charge on any atom is 0.252 e. The van der Waals surface area contributed by atoms with Gasteiger partial charge in [-0.1, -0.05) is 0 Å². The first-order valence-corrected chi connectivity index (χ1v) is 9.11. The van der Waals surface area contributed by atoms with Gasteiger partial charge in [-0.15, -0.1) is 0 Å². The Morgan fingerprint density at radius 1 is 1.00 bits per heavy atom. The average molecular weight is 404 g/mol. The maximum absolute atomic E-state index is 11.8. The van der Waals surface area contributed by atoms with Gasteiger partial charge >= 0.3 is 0 Å². The molecule has 0 bridgehead atoms. The molecule has 4 aromatic rings. The van der Waals surface area contributed by atoms with Gasteiger partial charge in [0.05, 0.1) is 31.5 Å².